The third kappa shape index (κ3) is 4.29. The molecule has 0 radical (unpaired) electrons. The first-order valence-corrected chi connectivity index (χ1v) is 10.4. The summed E-state index contributed by atoms with van der Waals surface area (Å²) in [6.07, 6.45) is 12.6. The normalized spacial score (nSPS) is 10.8. The van der Waals surface area contributed by atoms with Crippen LogP contribution >= 0.6 is 0 Å². The second-order valence-electron chi connectivity index (χ2n) is 7.71. The van der Waals surface area contributed by atoms with Crippen LogP contribution in [0.3, 0.4) is 0 Å². The highest BCUT2D eigenvalue weighted by molar-refractivity contribution is 5.95. The van der Waals surface area contributed by atoms with E-state index in [1.165, 1.54) is 6.20 Å². The number of pyridine rings is 2. The van der Waals surface area contributed by atoms with Crippen LogP contribution in [0.5, 0.6) is 0 Å². The highest BCUT2D eigenvalue weighted by atomic mass is 15.2. The van der Waals surface area contributed by atoms with Crippen molar-refractivity contribution in [2.75, 3.05) is 11.9 Å². The number of anilines is 1. The Balaban J connectivity index is 0.000000775. The van der Waals surface area contributed by atoms with Crippen molar-refractivity contribution in [1.29, 1.82) is 0 Å². The van der Waals surface area contributed by atoms with Gasteiger partial charge in [0.05, 0.1) is 11.7 Å². The molecule has 0 aliphatic heterocycles. The number of rotatable bonds is 5. The summed E-state index contributed by atoms with van der Waals surface area (Å²) in [5.41, 5.74) is 10.7. The zero-order valence-corrected chi connectivity index (χ0v) is 18.2. The molecule has 8 nitrogen and oxygen atoms in total. The van der Waals surface area contributed by atoms with Crippen molar-refractivity contribution >= 4 is 22.5 Å². The summed E-state index contributed by atoms with van der Waals surface area (Å²) in [7, 11) is 0. The van der Waals surface area contributed by atoms with Crippen LogP contribution in [-0.2, 0) is 0 Å². The van der Waals surface area contributed by atoms with E-state index in [2.05, 4.69) is 68.6 Å². The number of aromatic nitrogens is 6. The average Bonchev–Trinajstić information content (AvgIpc) is 3.42. The van der Waals surface area contributed by atoms with Gasteiger partial charge in [0, 0.05) is 59.6 Å². The monoisotopic (exact) mass is 426 g/mol. The minimum atomic E-state index is 0.532. The van der Waals surface area contributed by atoms with E-state index in [4.69, 9.17) is 0 Å². The van der Waals surface area contributed by atoms with E-state index in [-0.39, 0.29) is 0 Å². The lowest BCUT2D eigenvalue weighted by Gasteiger charge is -2.07. The van der Waals surface area contributed by atoms with Crippen molar-refractivity contribution in [3.05, 3.63) is 74.2 Å². The number of aromatic amines is 1. The van der Waals surface area contributed by atoms with Gasteiger partial charge >= 0.3 is 0 Å². The molecule has 0 aliphatic rings. The van der Waals surface area contributed by atoms with Gasteiger partial charge in [-0.25, -0.2) is 9.50 Å². The van der Waals surface area contributed by atoms with Crippen LogP contribution in [0.4, 0.5) is 5.95 Å². The number of nitrogens with zero attached hydrogens (tertiary/aromatic N) is 5. The quantitative estimate of drug-likeness (QED) is 0.382. The zero-order chi connectivity index (χ0) is 22.5. The Morgan fingerprint density at radius 3 is 2.78 bits per heavy atom. The molecule has 0 aliphatic carbocycles. The molecule has 5 aromatic heterocycles. The van der Waals surface area contributed by atoms with E-state index in [1.54, 1.807) is 6.20 Å². The topological polar surface area (TPSA) is 110 Å². The number of hydrogen-bond acceptors (Lipinski definition) is 6. The maximum atomic E-state index is 4.61. The van der Waals surface area contributed by atoms with Crippen molar-refractivity contribution in [3.63, 3.8) is 0 Å². The van der Waals surface area contributed by atoms with Crippen LogP contribution in [0.1, 0.15) is 13.8 Å². The SMILES string of the molecule is C=CN.CC(C)CNc1ncc2c(-c3ccn4ncc(-c5cccnc5)c4c3)c[nH]c2n1. The van der Waals surface area contributed by atoms with Gasteiger partial charge in [0.1, 0.15) is 5.65 Å². The van der Waals surface area contributed by atoms with Crippen molar-refractivity contribution in [3.8, 4) is 22.3 Å². The molecule has 32 heavy (non-hydrogen) atoms. The van der Waals surface area contributed by atoms with E-state index in [0.717, 1.165) is 45.3 Å². The Morgan fingerprint density at radius 2 is 2.03 bits per heavy atom. The van der Waals surface area contributed by atoms with Gasteiger partial charge in [-0.1, -0.05) is 26.5 Å². The van der Waals surface area contributed by atoms with Gasteiger partial charge < -0.3 is 16.0 Å². The summed E-state index contributed by atoms with van der Waals surface area (Å²) in [5, 5.41) is 8.74. The third-order valence-electron chi connectivity index (χ3n) is 4.91. The summed E-state index contributed by atoms with van der Waals surface area (Å²) in [4.78, 5) is 16.6. The molecule has 0 spiro atoms. The largest absolute Gasteiger partial charge is 0.405 e. The van der Waals surface area contributed by atoms with Gasteiger partial charge in [-0.15, -0.1) is 0 Å². The van der Waals surface area contributed by atoms with Gasteiger partial charge in [-0.2, -0.15) is 10.1 Å². The van der Waals surface area contributed by atoms with Gasteiger partial charge in [-0.3, -0.25) is 4.98 Å². The number of H-pyrrole nitrogens is 1. The van der Waals surface area contributed by atoms with Crippen LogP contribution in [0, 0.1) is 5.92 Å². The predicted octanol–water partition coefficient (Wildman–Crippen LogP) is 4.49. The molecule has 4 N–H and O–H groups in total. The molecule has 0 amide bonds. The first kappa shape index (κ1) is 21.0. The molecule has 0 aromatic carbocycles. The van der Waals surface area contributed by atoms with Crippen molar-refractivity contribution in [2.45, 2.75) is 13.8 Å². The van der Waals surface area contributed by atoms with Crippen LogP contribution in [-0.4, -0.2) is 36.1 Å². The molecule has 5 aromatic rings. The number of nitrogens with two attached hydrogens (primary N) is 1. The molecule has 0 fully saturated rings. The van der Waals surface area contributed by atoms with Gasteiger partial charge in [0.2, 0.25) is 5.95 Å². The fourth-order valence-corrected chi connectivity index (χ4v) is 3.42. The zero-order valence-electron chi connectivity index (χ0n) is 18.2. The molecular weight excluding hydrogens is 400 g/mol. The lowest BCUT2D eigenvalue weighted by molar-refractivity contribution is 0.685. The van der Waals surface area contributed by atoms with Gasteiger partial charge in [0.15, 0.2) is 0 Å². The molecule has 162 valence electrons. The molecule has 5 rings (SSSR count). The smallest absolute Gasteiger partial charge is 0.224 e. The fraction of sp³-hybridized carbons (Fsp3) is 0.167. The molecule has 5 heterocycles. The lowest BCUT2D eigenvalue weighted by Crippen LogP contribution is -2.10. The van der Waals surface area contributed by atoms with E-state index >= 15 is 0 Å². The Bertz CT molecular complexity index is 1330. The standard InChI is InChI=1S/C22H21N7.C2H5N/c1-14(2)9-25-22-26-12-19-17(11-24-21(19)28-22)15-5-7-29-20(8-15)18(13-27-29)16-4-3-6-23-10-16;1-2-3/h3-8,10-14H,9H2,1-2H3,(H2,24,25,26,28);2H,1,3H2. The Hall–Kier alpha value is -4.20. The molecule has 0 atom stereocenters. The van der Waals surface area contributed by atoms with E-state index in [1.807, 2.05) is 47.6 Å². The van der Waals surface area contributed by atoms with Crippen molar-refractivity contribution in [1.82, 2.24) is 29.5 Å². The van der Waals surface area contributed by atoms with E-state index < -0.39 is 0 Å². The van der Waals surface area contributed by atoms with Crippen LogP contribution in [0.2, 0.25) is 0 Å². The second-order valence-corrected chi connectivity index (χ2v) is 7.71. The van der Waals surface area contributed by atoms with Gasteiger partial charge in [-0.05, 0) is 35.9 Å². The Morgan fingerprint density at radius 1 is 1.19 bits per heavy atom. The van der Waals surface area contributed by atoms with Crippen LogP contribution in [0.25, 0.3) is 38.8 Å². The molecule has 0 bridgehead atoms. The van der Waals surface area contributed by atoms with E-state index in [0.29, 0.717) is 11.9 Å². The number of fused-ring (bicyclic) bond motifs is 2. The summed E-state index contributed by atoms with van der Waals surface area (Å²) < 4.78 is 1.88. The van der Waals surface area contributed by atoms with Gasteiger partial charge in [0.25, 0.3) is 0 Å². The lowest BCUT2D eigenvalue weighted by atomic mass is 10.0. The van der Waals surface area contributed by atoms with E-state index in [9.17, 15) is 0 Å². The number of nitrogens with one attached hydrogen (secondary N) is 2. The minimum Gasteiger partial charge on any atom is -0.405 e. The highest BCUT2D eigenvalue weighted by Gasteiger charge is 2.12. The minimum absolute atomic E-state index is 0.532. The molecule has 0 saturated heterocycles. The summed E-state index contributed by atoms with van der Waals surface area (Å²) in [6.45, 7) is 8.29. The van der Waals surface area contributed by atoms with Crippen molar-refractivity contribution in [2.24, 2.45) is 11.7 Å². The van der Waals surface area contributed by atoms with Crippen LogP contribution < -0.4 is 11.1 Å². The first-order chi connectivity index (χ1) is 15.6. The molecule has 0 saturated carbocycles. The third-order valence-corrected chi connectivity index (χ3v) is 4.91. The molecular formula is C24H26N8. The molecule has 0 unspecified atom stereocenters. The Kier molecular flexibility index (Phi) is 6.12. The fourth-order valence-electron chi connectivity index (χ4n) is 3.42. The van der Waals surface area contributed by atoms with Crippen LogP contribution in [0.15, 0.2) is 74.2 Å². The predicted molar refractivity (Wildman–Crippen MR) is 129 cm³/mol. The van der Waals surface area contributed by atoms with Crippen molar-refractivity contribution < 1.29 is 0 Å². The highest BCUT2D eigenvalue weighted by Crippen LogP contribution is 2.31. The summed E-state index contributed by atoms with van der Waals surface area (Å²) in [6, 6.07) is 8.18. The first-order valence-electron chi connectivity index (χ1n) is 10.4. The maximum Gasteiger partial charge on any atom is 0.224 e. The summed E-state index contributed by atoms with van der Waals surface area (Å²) >= 11 is 0. The number of hydrogen-bond donors (Lipinski definition) is 3. The average molecular weight is 427 g/mol. The second kappa shape index (κ2) is 9.30. The Labute approximate surface area is 186 Å². The maximum absolute atomic E-state index is 4.61. The summed E-state index contributed by atoms with van der Waals surface area (Å²) in [5.74, 6) is 1.18. The molecule has 8 heteroatoms.